The predicted molar refractivity (Wildman–Crippen MR) is 108 cm³/mol. The molecule has 4 nitrogen and oxygen atoms in total. The van der Waals surface area contributed by atoms with Crippen LogP contribution in [0.2, 0.25) is 0 Å². The van der Waals surface area contributed by atoms with Crippen LogP contribution in [-0.2, 0) is 11.2 Å². The molecule has 2 unspecified atom stereocenters. The van der Waals surface area contributed by atoms with Crippen molar-refractivity contribution in [2.45, 2.75) is 31.3 Å². The Morgan fingerprint density at radius 3 is 2.46 bits per heavy atom. The topological polar surface area (TPSA) is 45.7 Å². The summed E-state index contributed by atoms with van der Waals surface area (Å²) < 4.78 is 5.68. The molecule has 0 aromatic heterocycles. The molecule has 2 aromatic rings. The van der Waals surface area contributed by atoms with Crippen molar-refractivity contribution in [1.29, 1.82) is 0 Å². The summed E-state index contributed by atoms with van der Waals surface area (Å²) in [4.78, 5) is 4.36. The van der Waals surface area contributed by atoms with E-state index in [1.165, 1.54) is 11.1 Å². The van der Waals surface area contributed by atoms with Crippen molar-refractivity contribution in [3.63, 3.8) is 0 Å². The minimum Gasteiger partial charge on any atom is -0.376 e. The molecule has 0 amide bonds. The van der Waals surface area contributed by atoms with Crippen LogP contribution in [0.25, 0.3) is 0 Å². The first kappa shape index (κ1) is 18.5. The molecule has 0 bridgehead atoms. The van der Waals surface area contributed by atoms with E-state index in [9.17, 15) is 0 Å². The van der Waals surface area contributed by atoms with E-state index < -0.39 is 0 Å². The first-order valence-corrected chi connectivity index (χ1v) is 9.50. The first-order chi connectivity index (χ1) is 12.8. The molecule has 1 aliphatic rings. The van der Waals surface area contributed by atoms with Crippen molar-refractivity contribution in [2.75, 3.05) is 26.7 Å². The van der Waals surface area contributed by atoms with Gasteiger partial charge in [-0.25, -0.2) is 0 Å². The third-order valence-corrected chi connectivity index (χ3v) is 4.86. The number of aliphatic imine (C=N–C) groups is 1. The molecule has 1 fully saturated rings. The van der Waals surface area contributed by atoms with Gasteiger partial charge in [0.25, 0.3) is 0 Å². The Bertz CT molecular complexity index is 666. The largest absolute Gasteiger partial charge is 0.376 e. The van der Waals surface area contributed by atoms with Crippen molar-refractivity contribution in [1.82, 2.24) is 10.6 Å². The lowest BCUT2D eigenvalue weighted by Crippen LogP contribution is -2.42. The van der Waals surface area contributed by atoms with Gasteiger partial charge < -0.3 is 15.4 Å². The van der Waals surface area contributed by atoms with Gasteiger partial charge in [-0.05, 0) is 30.4 Å². The Hall–Kier alpha value is -2.33. The van der Waals surface area contributed by atoms with E-state index in [4.69, 9.17) is 4.74 Å². The Morgan fingerprint density at radius 2 is 1.81 bits per heavy atom. The summed E-state index contributed by atoms with van der Waals surface area (Å²) in [5, 5.41) is 6.89. The normalized spacial score (nSPS) is 18.5. The van der Waals surface area contributed by atoms with E-state index >= 15 is 0 Å². The van der Waals surface area contributed by atoms with Crippen LogP contribution in [0.4, 0.5) is 0 Å². The van der Waals surface area contributed by atoms with Crippen molar-refractivity contribution >= 4 is 5.96 Å². The minimum atomic E-state index is 0.308. The van der Waals surface area contributed by atoms with Crippen LogP contribution >= 0.6 is 0 Å². The molecule has 2 aromatic carbocycles. The summed E-state index contributed by atoms with van der Waals surface area (Å²) >= 11 is 0. The highest BCUT2D eigenvalue weighted by Gasteiger charge is 2.17. The van der Waals surface area contributed by atoms with Gasteiger partial charge in [0.15, 0.2) is 5.96 Å². The van der Waals surface area contributed by atoms with Gasteiger partial charge in [-0.3, -0.25) is 4.99 Å². The van der Waals surface area contributed by atoms with Gasteiger partial charge >= 0.3 is 0 Å². The highest BCUT2D eigenvalue weighted by Crippen LogP contribution is 2.20. The zero-order chi connectivity index (χ0) is 18.0. The van der Waals surface area contributed by atoms with E-state index in [2.05, 4.69) is 76.3 Å². The Morgan fingerprint density at radius 1 is 1.08 bits per heavy atom. The molecule has 26 heavy (non-hydrogen) atoms. The Balaban J connectivity index is 1.59. The number of rotatable bonds is 7. The number of hydrogen-bond acceptors (Lipinski definition) is 2. The van der Waals surface area contributed by atoms with Crippen LogP contribution in [0.15, 0.2) is 65.7 Å². The second-order valence-electron chi connectivity index (χ2n) is 6.77. The van der Waals surface area contributed by atoms with Crippen LogP contribution in [0.5, 0.6) is 0 Å². The number of nitrogens with zero attached hydrogens (tertiary/aromatic N) is 1. The van der Waals surface area contributed by atoms with Crippen molar-refractivity contribution in [2.24, 2.45) is 4.99 Å². The molecule has 3 rings (SSSR count). The second kappa shape index (κ2) is 9.97. The highest BCUT2D eigenvalue weighted by atomic mass is 16.5. The van der Waals surface area contributed by atoms with E-state index in [0.29, 0.717) is 12.0 Å². The lowest BCUT2D eigenvalue weighted by molar-refractivity contribution is 0.114. The van der Waals surface area contributed by atoms with Crippen molar-refractivity contribution in [3.8, 4) is 0 Å². The van der Waals surface area contributed by atoms with Gasteiger partial charge in [0.05, 0.1) is 6.10 Å². The fourth-order valence-electron chi connectivity index (χ4n) is 3.39. The molecule has 0 spiro atoms. The highest BCUT2D eigenvalue weighted by molar-refractivity contribution is 5.79. The fourth-order valence-corrected chi connectivity index (χ4v) is 3.39. The first-order valence-electron chi connectivity index (χ1n) is 9.50. The SMILES string of the molecule is CN=C(NCC1CCCO1)NCC(Cc1ccccc1)c1ccccc1. The zero-order valence-electron chi connectivity index (χ0n) is 15.5. The molecule has 1 heterocycles. The second-order valence-corrected chi connectivity index (χ2v) is 6.77. The maximum absolute atomic E-state index is 5.68. The minimum absolute atomic E-state index is 0.308. The summed E-state index contributed by atoms with van der Waals surface area (Å²) in [6, 6.07) is 21.4. The van der Waals surface area contributed by atoms with E-state index in [-0.39, 0.29) is 0 Å². The summed E-state index contributed by atoms with van der Waals surface area (Å²) in [5.74, 6) is 1.23. The van der Waals surface area contributed by atoms with Gasteiger partial charge in [-0.2, -0.15) is 0 Å². The number of ether oxygens (including phenoxy) is 1. The third-order valence-electron chi connectivity index (χ3n) is 4.86. The molecule has 0 radical (unpaired) electrons. The summed E-state index contributed by atoms with van der Waals surface area (Å²) in [7, 11) is 1.82. The maximum Gasteiger partial charge on any atom is 0.191 e. The average molecular weight is 351 g/mol. The smallest absolute Gasteiger partial charge is 0.191 e. The lowest BCUT2D eigenvalue weighted by Gasteiger charge is -2.21. The van der Waals surface area contributed by atoms with E-state index in [1.807, 2.05) is 7.05 Å². The molecule has 138 valence electrons. The molecule has 4 heteroatoms. The molecular weight excluding hydrogens is 322 g/mol. The zero-order valence-corrected chi connectivity index (χ0v) is 15.5. The Labute approximate surface area is 156 Å². The number of nitrogens with one attached hydrogen (secondary N) is 2. The lowest BCUT2D eigenvalue weighted by atomic mass is 9.92. The van der Waals surface area contributed by atoms with Crippen LogP contribution in [0, 0.1) is 0 Å². The maximum atomic E-state index is 5.68. The van der Waals surface area contributed by atoms with Gasteiger partial charge in [-0.1, -0.05) is 60.7 Å². The van der Waals surface area contributed by atoms with Crippen LogP contribution in [0.1, 0.15) is 29.9 Å². The molecule has 0 saturated carbocycles. The quantitative estimate of drug-likeness (QED) is 0.594. The summed E-state index contributed by atoms with van der Waals surface area (Å²) in [6.07, 6.45) is 3.60. The van der Waals surface area contributed by atoms with Crippen LogP contribution in [-0.4, -0.2) is 38.8 Å². The predicted octanol–water partition coefficient (Wildman–Crippen LogP) is 3.36. The molecule has 2 N–H and O–H groups in total. The molecular formula is C22H29N3O. The van der Waals surface area contributed by atoms with Gasteiger partial charge in [0.2, 0.25) is 0 Å². The van der Waals surface area contributed by atoms with Crippen LogP contribution < -0.4 is 10.6 Å². The van der Waals surface area contributed by atoms with E-state index in [0.717, 1.165) is 44.9 Å². The average Bonchev–Trinajstić information content (AvgIpc) is 3.22. The molecule has 0 aliphatic carbocycles. The molecule has 1 aliphatic heterocycles. The Kier molecular flexibility index (Phi) is 7.08. The third kappa shape index (κ3) is 5.60. The molecule has 1 saturated heterocycles. The fraction of sp³-hybridized carbons (Fsp3) is 0.409. The van der Waals surface area contributed by atoms with Crippen LogP contribution in [0.3, 0.4) is 0 Å². The number of hydrogen-bond donors (Lipinski definition) is 2. The number of benzene rings is 2. The van der Waals surface area contributed by atoms with Gasteiger partial charge in [0, 0.05) is 32.7 Å². The van der Waals surface area contributed by atoms with Crippen molar-refractivity contribution in [3.05, 3.63) is 71.8 Å². The summed E-state index contributed by atoms with van der Waals surface area (Å²) in [5.41, 5.74) is 2.70. The van der Waals surface area contributed by atoms with Crippen molar-refractivity contribution < 1.29 is 4.74 Å². The summed E-state index contributed by atoms with van der Waals surface area (Å²) in [6.45, 7) is 2.53. The number of guanidine groups is 1. The van der Waals surface area contributed by atoms with Gasteiger partial charge in [0.1, 0.15) is 0 Å². The van der Waals surface area contributed by atoms with Gasteiger partial charge in [-0.15, -0.1) is 0 Å². The monoisotopic (exact) mass is 351 g/mol. The molecule has 2 atom stereocenters. The van der Waals surface area contributed by atoms with E-state index in [1.54, 1.807) is 0 Å². The standard InChI is InChI=1S/C22H29N3O/c1-23-22(25-17-21-13-8-14-26-21)24-16-20(19-11-6-3-7-12-19)15-18-9-4-2-5-10-18/h2-7,9-12,20-21H,8,13-17H2,1H3,(H2,23,24,25).